The Balaban J connectivity index is 1.40. The highest BCUT2D eigenvalue weighted by Crippen LogP contribution is 2.31. The first kappa shape index (κ1) is 27.2. The van der Waals surface area contributed by atoms with Gasteiger partial charge in [0.1, 0.15) is 12.4 Å². The van der Waals surface area contributed by atoms with Gasteiger partial charge in [-0.25, -0.2) is 4.79 Å². The molecule has 4 aromatic rings. The third-order valence-corrected chi connectivity index (χ3v) is 6.68. The molecule has 3 aromatic carbocycles. The van der Waals surface area contributed by atoms with Crippen molar-refractivity contribution in [1.82, 2.24) is 30.4 Å². The van der Waals surface area contributed by atoms with Gasteiger partial charge in [-0.05, 0) is 76.5 Å². The number of fused-ring (bicyclic) bond motifs is 1. The summed E-state index contributed by atoms with van der Waals surface area (Å²) >= 11 is 6.20. The number of anilines is 1. The molecule has 1 unspecified atom stereocenters. The van der Waals surface area contributed by atoms with Gasteiger partial charge < -0.3 is 15.3 Å². The van der Waals surface area contributed by atoms with Crippen molar-refractivity contribution in [2.24, 2.45) is 0 Å². The van der Waals surface area contributed by atoms with Crippen molar-refractivity contribution in [3.8, 4) is 5.69 Å². The first-order chi connectivity index (χ1) is 19.8. The normalized spacial score (nSPS) is 14.4. The number of halogens is 1. The summed E-state index contributed by atoms with van der Waals surface area (Å²) < 4.78 is 1.45. The Labute approximate surface area is 238 Å². The Morgan fingerprint density at radius 2 is 1.80 bits per heavy atom. The minimum absolute atomic E-state index is 0.109. The molecular formula is C28H22ClN7O5. The van der Waals surface area contributed by atoms with E-state index in [2.05, 4.69) is 20.8 Å². The highest BCUT2D eigenvalue weighted by atomic mass is 35.5. The van der Waals surface area contributed by atoms with Crippen molar-refractivity contribution >= 4 is 47.2 Å². The zero-order valence-corrected chi connectivity index (χ0v) is 22.0. The summed E-state index contributed by atoms with van der Waals surface area (Å²) in [6.07, 6.45) is 3.50. The summed E-state index contributed by atoms with van der Waals surface area (Å²) in [6.45, 7) is 0.308. The second-order valence-electron chi connectivity index (χ2n) is 9.00. The van der Waals surface area contributed by atoms with Crippen LogP contribution in [0.1, 0.15) is 33.1 Å². The fourth-order valence-corrected chi connectivity index (χ4v) is 4.75. The Morgan fingerprint density at radius 1 is 1.02 bits per heavy atom. The van der Waals surface area contributed by atoms with Crippen molar-refractivity contribution in [2.45, 2.75) is 12.5 Å². The summed E-state index contributed by atoms with van der Waals surface area (Å²) in [6, 6.07) is 17.3. The van der Waals surface area contributed by atoms with Gasteiger partial charge >= 0.3 is 6.09 Å². The number of nitrogens with one attached hydrogen (secondary N) is 2. The number of imide groups is 1. The molecule has 1 aliphatic rings. The standard InChI is InChI=1S/C28H22ClN7O5/c29-20-8-11-23(36-16-30-33-34-36)19(15-20)7-12-24(37)35-14-13-17-3-1-2-4-22(17)25(35)27(39)31-21-9-5-18(6-10-21)26(38)32-28(40)41/h1-12,15-16,25H,13-14H2,(H,31,39)(H,32,38)(H,40,41)/b12-7+. The number of aromatic nitrogens is 4. The highest BCUT2D eigenvalue weighted by molar-refractivity contribution is 6.30. The number of hydrogen-bond acceptors (Lipinski definition) is 7. The van der Waals surface area contributed by atoms with Crippen molar-refractivity contribution in [3.63, 3.8) is 0 Å². The average Bonchev–Trinajstić information content (AvgIpc) is 3.50. The lowest BCUT2D eigenvalue weighted by Crippen LogP contribution is -2.44. The topological polar surface area (TPSA) is 159 Å². The molecular weight excluding hydrogens is 550 g/mol. The van der Waals surface area contributed by atoms with E-state index in [-0.39, 0.29) is 11.5 Å². The van der Waals surface area contributed by atoms with Gasteiger partial charge in [-0.15, -0.1) is 5.10 Å². The van der Waals surface area contributed by atoms with E-state index < -0.39 is 23.9 Å². The number of amides is 4. The molecule has 0 radical (unpaired) electrons. The second-order valence-corrected chi connectivity index (χ2v) is 9.44. The van der Waals surface area contributed by atoms with E-state index in [9.17, 15) is 19.2 Å². The molecule has 12 nitrogen and oxygen atoms in total. The van der Waals surface area contributed by atoms with E-state index in [4.69, 9.17) is 16.7 Å². The second kappa shape index (κ2) is 11.8. The molecule has 1 atom stereocenters. The minimum atomic E-state index is -1.47. The highest BCUT2D eigenvalue weighted by Gasteiger charge is 2.35. The van der Waals surface area contributed by atoms with Crippen LogP contribution in [0.4, 0.5) is 10.5 Å². The summed E-state index contributed by atoms with van der Waals surface area (Å²) in [5, 5.41) is 25.0. The number of rotatable bonds is 6. The Bertz CT molecular complexity index is 1650. The molecule has 3 N–H and O–H groups in total. The molecule has 13 heteroatoms. The number of tetrazole rings is 1. The Morgan fingerprint density at radius 3 is 2.54 bits per heavy atom. The van der Waals surface area contributed by atoms with E-state index in [1.807, 2.05) is 24.3 Å². The zero-order valence-electron chi connectivity index (χ0n) is 21.3. The van der Waals surface area contributed by atoms with E-state index >= 15 is 0 Å². The maximum absolute atomic E-state index is 13.6. The lowest BCUT2D eigenvalue weighted by atomic mass is 9.91. The van der Waals surface area contributed by atoms with Gasteiger partial charge in [-0.3, -0.25) is 19.7 Å². The number of hydrogen-bond donors (Lipinski definition) is 3. The SMILES string of the molecule is O=C(O)NC(=O)c1ccc(NC(=O)C2c3ccccc3CCN2C(=O)/C=C/c2cc(Cl)ccc2-n2cnnn2)cc1. The lowest BCUT2D eigenvalue weighted by Gasteiger charge is -2.35. The van der Waals surface area contributed by atoms with Crippen LogP contribution in [0.2, 0.25) is 5.02 Å². The Hall–Kier alpha value is -5.36. The number of carbonyl (C=O) groups excluding carboxylic acids is 3. The zero-order chi connectivity index (χ0) is 28.9. The van der Waals surface area contributed by atoms with Gasteiger partial charge in [0.25, 0.3) is 11.8 Å². The quantitative estimate of drug-likeness (QED) is 0.296. The summed E-state index contributed by atoms with van der Waals surface area (Å²) in [5.74, 6) is -1.62. The van der Waals surface area contributed by atoms with Crippen LogP contribution in [-0.4, -0.2) is 60.6 Å². The maximum atomic E-state index is 13.6. The number of benzene rings is 3. The van der Waals surface area contributed by atoms with Crippen LogP contribution in [0.5, 0.6) is 0 Å². The number of carbonyl (C=O) groups is 4. The van der Waals surface area contributed by atoms with Gasteiger partial charge in [0.2, 0.25) is 5.91 Å². The predicted molar refractivity (Wildman–Crippen MR) is 148 cm³/mol. The van der Waals surface area contributed by atoms with Crippen molar-refractivity contribution in [2.75, 3.05) is 11.9 Å². The van der Waals surface area contributed by atoms with E-state index in [0.717, 1.165) is 5.56 Å². The summed E-state index contributed by atoms with van der Waals surface area (Å²) in [5.41, 5.74) is 3.35. The third-order valence-electron chi connectivity index (χ3n) is 6.44. The largest absolute Gasteiger partial charge is 0.465 e. The maximum Gasteiger partial charge on any atom is 0.411 e. The monoisotopic (exact) mass is 571 g/mol. The van der Waals surface area contributed by atoms with Crippen LogP contribution in [0.15, 0.2) is 79.1 Å². The number of nitrogens with zero attached hydrogens (tertiary/aromatic N) is 5. The van der Waals surface area contributed by atoms with Gasteiger partial charge in [0.05, 0.1) is 5.69 Å². The molecule has 2 heterocycles. The molecule has 4 amide bonds. The van der Waals surface area contributed by atoms with E-state index in [1.165, 1.54) is 46.3 Å². The van der Waals surface area contributed by atoms with Crippen molar-refractivity contribution in [1.29, 1.82) is 0 Å². The fraction of sp³-hybridized carbons (Fsp3) is 0.107. The van der Waals surface area contributed by atoms with Crippen molar-refractivity contribution in [3.05, 3.63) is 106 Å². The molecule has 1 aromatic heterocycles. The Kier molecular flexibility index (Phi) is 7.83. The van der Waals surface area contributed by atoms with Gasteiger partial charge in [0.15, 0.2) is 0 Å². The molecule has 0 aliphatic carbocycles. The average molecular weight is 572 g/mol. The third kappa shape index (κ3) is 6.12. The molecule has 0 spiro atoms. The van der Waals surface area contributed by atoms with Crippen LogP contribution in [-0.2, 0) is 16.0 Å². The lowest BCUT2D eigenvalue weighted by molar-refractivity contribution is -0.135. The summed E-state index contributed by atoms with van der Waals surface area (Å²) in [7, 11) is 0. The molecule has 5 rings (SSSR count). The van der Waals surface area contributed by atoms with Crippen LogP contribution in [0, 0.1) is 0 Å². The van der Waals surface area contributed by atoms with Crippen LogP contribution in [0.25, 0.3) is 11.8 Å². The van der Waals surface area contributed by atoms with Crippen LogP contribution >= 0.6 is 11.6 Å². The van der Waals surface area contributed by atoms with E-state index in [0.29, 0.717) is 40.5 Å². The molecule has 0 saturated heterocycles. The molecule has 1 aliphatic heterocycles. The molecule has 0 fully saturated rings. The van der Waals surface area contributed by atoms with Crippen LogP contribution in [0.3, 0.4) is 0 Å². The molecule has 206 valence electrons. The molecule has 41 heavy (non-hydrogen) atoms. The van der Waals surface area contributed by atoms with E-state index in [1.54, 1.807) is 29.6 Å². The predicted octanol–water partition coefficient (Wildman–Crippen LogP) is 3.50. The first-order valence-electron chi connectivity index (χ1n) is 12.3. The van der Waals surface area contributed by atoms with Gasteiger partial charge in [-0.1, -0.05) is 35.9 Å². The molecule has 0 bridgehead atoms. The van der Waals surface area contributed by atoms with Crippen molar-refractivity contribution < 1.29 is 24.3 Å². The number of carboxylic acid groups (broad SMARTS) is 1. The summed E-state index contributed by atoms with van der Waals surface area (Å²) in [4.78, 5) is 51.3. The molecule has 0 saturated carbocycles. The van der Waals surface area contributed by atoms with Gasteiger partial charge in [0, 0.05) is 34.5 Å². The van der Waals surface area contributed by atoms with Crippen LogP contribution < -0.4 is 10.6 Å². The smallest absolute Gasteiger partial charge is 0.411 e. The minimum Gasteiger partial charge on any atom is -0.465 e. The first-order valence-corrected chi connectivity index (χ1v) is 12.7. The fourth-order valence-electron chi connectivity index (χ4n) is 4.57. The van der Waals surface area contributed by atoms with Gasteiger partial charge in [-0.2, -0.15) is 4.68 Å².